The zero-order chi connectivity index (χ0) is 13.8. The van der Waals surface area contributed by atoms with Gasteiger partial charge in [-0.15, -0.1) is 0 Å². The number of rotatable bonds is 3. The number of nitrogens with two attached hydrogens (primary N) is 1. The molecule has 2 rings (SSSR count). The molecular formula is C14H14N4O. The average molecular weight is 254 g/mol. The second kappa shape index (κ2) is 5.27. The molecule has 1 aromatic carbocycles. The number of amides is 1. The summed E-state index contributed by atoms with van der Waals surface area (Å²) < 4.78 is 1.59. The van der Waals surface area contributed by atoms with E-state index in [1.807, 2.05) is 19.1 Å². The molecule has 0 atom stereocenters. The van der Waals surface area contributed by atoms with Crippen molar-refractivity contribution in [2.24, 2.45) is 0 Å². The first-order chi connectivity index (χ1) is 9.10. The third kappa shape index (κ3) is 2.93. The number of hydrogen-bond donors (Lipinski definition) is 2. The predicted molar refractivity (Wildman–Crippen MR) is 73.4 cm³/mol. The van der Waals surface area contributed by atoms with Crippen molar-refractivity contribution in [3.8, 4) is 6.07 Å². The standard InChI is InChI=1S/C14H14N4O/c1-10-4-5-11(16)7-13(10)17-14(19)9-18-6-2-3-12(18)8-15/h2-7H,9,16H2,1H3,(H,17,19). The minimum atomic E-state index is -0.193. The van der Waals surface area contributed by atoms with Crippen molar-refractivity contribution in [1.82, 2.24) is 4.57 Å². The Hall–Kier alpha value is -2.74. The molecule has 96 valence electrons. The van der Waals surface area contributed by atoms with E-state index in [1.165, 1.54) is 0 Å². The van der Waals surface area contributed by atoms with Crippen molar-refractivity contribution in [3.05, 3.63) is 47.8 Å². The lowest BCUT2D eigenvalue weighted by molar-refractivity contribution is -0.116. The van der Waals surface area contributed by atoms with Crippen LogP contribution in [-0.2, 0) is 11.3 Å². The molecule has 0 saturated heterocycles. The summed E-state index contributed by atoms with van der Waals surface area (Å²) in [7, 11) is 0. The molecule has 3 N–H and O–H groups in total. The zero-order valence-electron chi connectivity index (χ0n) is 10.6. The molecule has 0 aliphatic rings. The van der Waals surface area contributed by atoms with Crippen LogP contribution in [0.5, 0.6) is 0 Å². The molecule has 0 aliphatic carbocycles. The second-order valence-electron chi connectivity index (χ2n) is 4.26. The predicted octanol–water partition coefficient (Wildman–Crippen LogP) is 1.89. The molecule has 0 spiro atoms. The van der Waals surface area contributed by atoms with E-state index in [9.17, 15) is 4.79 Å². The molecule has 0 radical (unpaired) electrons. The maximum absolute atomic E-state index is 11.9. The van der Waals surface area contributed by atoms with E-state index in [1.54, 1.807) is 35.0 Å². The average Bonchev–Trinajstić information content (AvgIpc) is 2.81. The van der Waals surface area contributed by atoms with Gasteiger partial charge in [0, 0.05) is 17.6 Å². The highest BCUT2D eigenvalue weighted by Gasteiger charge is 2.08. The van der Waals surface area contributed by atoms with Gasteiger partial charge < -0.3 is 15.6 Å². The molecule has 5 nitrogen and oxygen atoms in total. The Morgan fingerprint density at radius 1 is 1.47 bits per heavy atom. The smallest absolute Gasteiger partial charge is 0.244 e. The van der Waals surface area contributed by atoms with Gasteiger partial charge in [-0.05, 0) is 36.8 Å². The highest BCUT2D eigenvalue weighted by atomic mass is 16.1. The SMILES string of the molecule is Cc1ccc(N)cc1NC(=O)Cn1cccc1C#N. The lowest BCUT2D eigenvalue weighted by Gasteiger charge is -2.10. The Morgan fingerprint density at radius 3 is 3.00 bits per heavy atom. The number of carbonyl (C=O) groups is 1. The topological polar surface area (TPSA) is 83.8 Å². The number of aromatic nitrogens is 1. The van der Waals surface area contributed by atoms with Crippen LogP contribution in [0, 0.1) is 18.3 Å². The van der Waals surface area contributed by atoms with E-state index < -0.39 is 0 Å². The number of hydrogen-bond acceptors (Lipinski definition) is 3. The van der Waals surface area contributed by atoms with E-state index in [2.05, 4.69) is 5.32 Å². The van der Waals surface area contributed by atoms with Crippen LogP contribution >= 0.6 is 0 Å². The lowest BCUT2D eigenvalue weighted by Crippen LogP contribution is -2.19. The van der Waals surface area contributed by atoms with Crippen molar-refractivity contribution in [3.63, 3.8) is 0 Å². The summed E-state index contributed by atoms with van der Waals surface area (Å²) in [6.07, 6.45) is 1.70. The van der Waals surface area contributed by atoms with Crippen molar-refractivity contribution < 1.29 is 4.79 Å². The van der Waals surface area contributed by atoms with Gasteiger partial charge in [-0.1, -0.05) is 6.07 Å². The minimum absolute atomic E-state index is 0.101. The van der Waals surface area contributed by atoms with Gasteiger partial charge in [-0.25, -0.2) is 0 Å². The summed E-state index contributed by atoms with van der Waals surface area (Å²) in [6.45, 7) is 2.00. The molecule has 0 unspecified atom stereocenters. The Balaban J connectivity index is 2.10. The van der Waals surface area contributed by atoms with Crippen molar-refractivity contribution >= 4 is 17.3 Å². The third-order valence-corrected chi connectivity index (χ3v) is 2.79. The first kappa shape index (κ1) is 12.7. The van der Waals surface area contributed by atoms with Gasteiger partial charge in [0.2, 0.25) is 5.91 Å². The van der Waals surface area contributed by atoms with E-state index in [0.29, 0.717) is 17.1 Å². The summed E-state index contributed by atoms with van der Waals surface area (Å²) >= 11 is 0. The number of nitriles is 1. The molecule has 2 aromatic rings. The fourth-order valence-corrected chi connectivity index (χ4v) is 1.77. The summed E-state index contributed by atoms with van der Waals surface area (Å²) in [5.41, 5.74) is 8.37. The molecule has 0 saturated carbocycles. The fraction of sp³-hybridized carbons (Fsp3) is 0.143. The molecule has 0 aliphatic heterocycles. The monoisotopic (exact) mass is 254 g/mol. The number of nitrogen functional groups attached to an aromatic ring is 1. The van der Waals surface area contributed by atoms with E-state index in [0.717, 1.165) is 5.56 Å². The van der Waals surface area contributed by atoms with E-state index >= 15 is 0 Å². The van der Waals surface area contributed by atoms with E-state index in [-0.39, 0.29) is 12.5 Å². The lowest BCUT2D eigenvalue weighted by atomic mass is 10.2. The number of nitrogens with one attached hydrogen (secondary N) is 1. The third-order valence-electron chi connectivity index (χ3n) is 2.79. The van der Waals surface area contributed by atoms with E-state index in [4.69, 9.17) is 11.0 Å². The first-order valence-corrected chi connectivity index (χ1v) is 5.81. The molecule has 1 aromatic heterocycles. The van der Waals surface area contributed by atoms with Crippen molar-refractivity contribution in [2.75, 3.05) is 11.1 Å². The van der Waals surface area contributed by atoms with Gasteiger partial charge in [-0.2, -0.15) is 5.26 Å². The van der Waals surface area contributed by atoms with Crippen LogP contribution in [-0.4, -0.2) is 10.5 Å². The number of aryl methyl sites for hydroxylation is 1. The van der Waals surface area contributed by atoms with Crippen LogP contribution in [0.3, 0.4) is 0 Å². The normalized spacial score (nSPS) is 9.89. The molecule has 1 amide bonds. The molecule has 5 heteroatoms. The van der Waals surface area contributed by atoms with Gasteiger partial charge in [0.05, 0.1) is 0 Å². The maximum atomic E-state index is 11.9. The number of nitrogens with zero attached hydrogens (tertiary/aromatic N) is 2. The number of carbonyl (C=O) groups excluding carboxylic acids is 1. The summed E-state index contributed by atoms with van der Waals surface area (Å²) in [6, 6.07) is 10.8. The largest absolute Gasteiger partial charge is 0.399 e. The number of benzene rings is 1. The van der Waals surface area contributed by atoms with Crippen LogP contribution in [0.4, 0.5) is 11.4 Å². The van der Waals surface area contributed by atoms with Crippen LogP contribution in [0.15, 0.2) is 36.5 Å². The van der Waals surface area contributed by atoms with Gasteiger partial charge >= 0.3 is 0 Å². The maximum Gasteiger partial charge on any atom is 0.244 e. The highest BCUT2D eigenvalue weighted by Crippen LogP contribution is 2.18. The van der Waals surface area contributed by atoms with Crippen molar-refractivity contribution in [2.45, 2.75) is 13.5 Å². The van der Waals surface area contributed by atoms with Crippen molar-refractivity contribution in [1.29, 1.82) is 5.26 Å². The highest BCUT2D eigenvalue weighted by molar-refractivity contribution is 5.92. The Kier molecular flexibility index (Phi) is 3.53. The molecular weight excluding hydrogens is 240 g/mol. The van der Waals surface area contributed by atoms with Crippen LogP contribution < -0.4 is 11.1 Å². The Morgan fingerprint density at radius 2 is 2.26 bits per heavy atom. The summed E-state index contributed by atoms with van der Waals surface area (Å²) in [4.78, 5) is 11.9. The molecule has 19 heavy (non-hydrogen) atoms. The summed E-state index contributed by atoms with van der Waals surface area (Å²) in [5, 5.41) is 11.7. The zero-order valence-corrected chi connectivity index (χ0v) is 10.6. The molecule has 0 bridgehead atoms. The number of anilines is 2. The Labute approximate surface area is 111 Å². The quantitative estimate of drug-likeness (QED) is 0.820. The van der Waals surface area contributed by atoms with Gasteiger partial charge in [0.1, 0.15) is 18.3 Å². The second-order valence-corrected chi connectivity index (χ2v) is 4.26. The molecule has 1 heterocycles. The van der Waals surface area contributed by atoms with Crippen LogP contribution in [0.2, 0.25) is 0 Å². The van der Waals surface area contributed by atoms with Gasteiger partial charge in [0.15, 0.2) is 0 Å². The summed E-state index contributed by atoms with van der Waals surface area (Å²) in [5.74, 6) is -0.193. The Bertz CT molecular complexity index is 652. The van der Waals surface area contributed by atoms with Gasteiger partial charge in [0.25, 0.3) is 0 Å². The first-order valence-electron chi connectivity index (χ1n) is 5.81. The fourth-order valence-electron chi connectivity index (χ4n) is 1.77. The minimum Gasteiger partial charge on any atom is -0.399 e. The van der Waals surface area contributed by atoms with Crippen LogP contribution in [0.1, 0.15) is 11.3 Å². The van der Waals surface area contributed by atoms with Gasteiger partial charge in [-0.3, -0.25) is 4.79 Å². The molecule has 0 fully saturated rings. The van der Waals surface area contributed by atoms with Crippen LogP contribution in [0.25, 0.3) is 0 Å².